The van der Waals surface area contributed by atoms with Crippen molar-refractivity contribution in [3.63, 3.8) is 0 Å². The molecular weight excluding hydrogens is 224 g/mol. The van der Waals surface area contributed by atoms with Gasteiger partial charge in [-0.15, -0.1) is 0 Å². The molecule has 0 aromatic heterocycles. The summed E-state index contributed by atoms with van der Waals surface area (Å²) in [5, 5.41) is 12.7. The Bertz CT molecular complexity index is 233. The Morgan fingerprint density at radius 3 is 2.67 bits per heavy atom. The van der Waals surface area contributed by atoms with Crippen molar-refractivity contribution in [1.82, 2.24) is 10.2 Å². The third-order valence-electron chi connectivity index (χ3n) is 4.96. The summed E-state index contributed by atoms with van der Waals surface area (Å²) in [7, 11) is 2.12. The van der Waals surface area contributed by atoms with Crippen LogP contribution in [0.1, 0.15) is 51.4 Å². The van der Waals surface area contributed by atoms with Crippen LogP contribution in [0.25, 0.3) is 0 Å². The predicted molar refractivity (Wildman–Crippen MR) is 75.7 cm³/mol. The SMILES string of the molecule is CNC1CCCCC1CN1CCCCC1CCO. The van der Waals surface area contributed by atoms with Crippen molar-refractivity contribution in [1.29, 1.82) is 0 Å². The van der Waals surface area contributed by atoms with Gasteiger partial charge in [0.15, 0.2) is 0 Å². The fraction of sp³-hybridized carbons (Fsp3) is 1.00. The van der Waals surface area contributed by atoms with E-state index in [1.807, 2.05) is 0 Å². The van der Waals surface area contributed by atoms with Gasteiger partial charge in [0.05, 0.1) is 0 Å². The lowest BCUT2D eigenvalue weighted by Crippen LogP contribution is -2.48. The first-order valence-electron chi connectivity index (χ1n) is 7.87. The molecule has 3 nitrogen and oxygen atoms in total. The molecule has 0 radical (unpaired) electrons. The van der Waals surface area contributed by atoms with Gasteiger partial charge >= 0.3 is 0 Å². The molecule has 1 saturated heterocycles. The van der Waals surface area contributed by atoms with Gasteiger partial charge in [-0.05, 0) is 51.6 Å². The van der Waals surface area contributed by atoms with Crippen LogP contribution >= 0.6 is 0 Å². The average Bonchev–Trinajstić information content (AvgIpc) is 2.42. The highest BCUT2D eigenvalue weighted by Crippen LogP contribution is 2.28. The average molecular weight is 254 g/mol. The van der Waals surface area contributed by atoms with E-state index in [1.165, 1.54) is 58.0 Å². The molecule has 1 heterocycles. The van der Waals surface area contributed by atoms with Crippen LogP contribution in [-0.4, -0.2) is 48.8 Å². The van der Waals surface area contributed by atoms with Crippen LogP contribution in [0, 0.1) is 5.92 Å². The predicted octanol–water partition coefficient (Wildman–Crippen LogP) is 2.00. The van der Waals surface area contributed by atoms with E-state index in [0.717, 1.165) is 18.4 Å². The van der Waals surface area contributed by atoms with E-state index in [1.54, 1.807) is 0 Å². The monoisotopic (exact) mass is 254 g/mol. The summed E-state index contributed by atoms with van der Waals surface area (Å²) in [5.74, 6) is 0.822. The first kappa shape index (κ1) is 14.3. The molecule has 2 fully saturated rings. The van der Waals surface area contributed by atoms with Gasteiger partial charge in [-0.2, -0.15) is 0 Å². The standard InChI is InChI=1S/C15H30N2O/c1-16-15-8-3-2-6-13(15)12-17-10-5-4-7-14(17)9-11-18/h13-16,18H,2-12H2,1H3. The molecule has 0 spiro atoms. The molecule has 0 aromatic carbocycles. The van der Waals surface area contributed by atoms with Gasteiger partial charge in [0.2, 0.25) is 0 Å². The summed E-state index contributed by atoms with van der Waals surface area (Å²) < 4.78 is 0. The van der Waals surface area contributed by atoms with Gasteiger partial charge in [0.25, 0.3) is 0 Å². The second-order valence-corrected chi connectivity index (χ2v) is 6.10. The van der Waals surface area contributed by atoms with E-state index >= 15 is 0 Å². The highest BCUT2D eigenvalue weighted by molar-refractivity contribution is 4.85. The molecule has 0 aromatic rings. The van der Waals surface area contributed by atoms with E-state index in [-0.39, 0.29) is 0 Å². The molecule has 1 saturated carbocycles. The molecule has 1 aliphatic heterocycles. The number of likely N-dealkylation sites (tertiary alicyclic amines) is 1. The number of hydrogen-bond donors (Lipinski definition) is 2. The molecule has 2 rings (SSSR count). The van der Waals surface area contributed by atoms with Gasteiger partial charge in [0, 0.05) is 25.2 Å². The fourth-order valence-corrected chi connectivity index (χ4v) is 3.88. The molecule has 106 valence electrons. The molecular formula is C15H30N2O. The van der Waals surface area contributed by atoms with Crippen LogP contribution in [0.4, 0.5) is 0 Å². The zero-order chi connectivity index (χ0) is 12.8. The quantitative estimate of drug-likeness (QED) is 0.788. The zero-order valence-corrected chi connectivity index (χ0v) is 11.9. The number of hydrogen-bond acceptors (Lipinski definition) is 3. The summed E-state index contributed by atoms with van der Waals surface area (Å²) in [4.78, 5) is 2.67. The third-order valence-corrected chi connectivity index (χ3v) is 4.96. The maximum absolute atomic E-state index is 9.20. The van der Waals surface area contributed by atoms with Crippen LogP contribution in [0.2, 0.25) is 0 Å². The number of piperidine rings is 1. The second-order valence-electron chi connectivity index (χ2n) is 6.10. The van der Waals surface area contributed by atoms with Crippen molar-refractivity contribution < 1.29 is 5.11 Å². The molecule has 3 unspecified atom stereocenters. The summed E-state index contributed by atoms with van der Waals surface area (Å²) in [6.45, 7) is 2.84. The highest BCUT2D eigenvalue weighted by Gasteiger charge is 2.29. The molecule has 18 heavy (non-hydrogen) atoms. The topological polar surface area (TPSA) is 35.5 Å². The van der Waals surface area contributed by atoms with E-state index in [0.29, 0.717) is 12.6 Å². The van der Waals surface area contributed by atoms with Crippen LogP contribution < -0.4 is 5.32 Å². The van der Waals surface area contributed by atoms with Crippen molar-refractivity contribution in [3.8, 4) is 0 Å². The van der Waals surface area contributed by atoms with Gasteiger partial charge in [-0.25, -0.2) is 0 Å². The van der Waals surface area contributed by atoms with E-state index in [4.69, 9.17) is 0 Å². The Balaban J connectivity index is 1.88. The van der Waals surface area contributed by atoms with E-state index in [9.17, 15) is 5.11 Å². The Labute approximate surface area is 112 Å². The smallest absolute Gasteiger partial charge is 0.0445 e. The maximum Gasteiger partial charge on any atom is 0.0445 e. The molecule has 2 aliphatic rings. The normalized spacial score (nSPS) is 34.7. The fourth-order valence-electron chi connectivity index (χ4n) is 3.88. The maximum atomic E-state index is 9.20. The van der Waals surface area contributed by atoms with E-state index < -0.39 is 0 Å². The largest absolute Gasteiger partial charge is 0.396 e. The third kappa shape index (κ3) is 3.69. The van der Waals surface area contributed by atoms with Gasteiger partial charge in [0.1, 0.15) is 0 Å². The first-order valence-corrected chi connectivity index (χ1v) is 7.87. The highest BCUT2D eigenvalue weighted by atomic mass is 16.3. The Kier molecular flexibility index (Phi) is 5.93. The van der Waals surface area contributed by atoms with Crippen molar-refractivity contribution in [2.24, 2.45) is 5.92 Å². The summed E-state index contributed by atoms with van der Waals surface area (Å²) in [6, 6.07) is 1.36. The van der Waals surface area contributed by atoms with Crippen LogP contribution in [-0.2, 0) is 0 Å². The minimum Gasteiger partial charge on any atom is -0.396 e. The molecule has 2 N–H and O–H groups in total. The summed E-state index contributed by atoms with van der Waals surface area (Å²) in [5.41, 5.74) is 0. The Morgan fingerprint density at radius 1 is 1.11 bits per heavy atom. The van der Waals surface area contributed by atoms with Crippen LogP contribution in [0.15, 0.2) is 0 Å². The Hall–Kier alpha value is -0.120. The molecule has 0 bridgehead atoms. The lowest BCUT2D eigenvalue weighted by Gasteiger charge is -2.41. The van der Waals surface area contributed by atoms with Gasteiger partial charge in [-0.1, -0.05) is 19.3 Å². The zero-order valence-electron chi connectivity index (χ0n) is 11.9. The van der Waals surface area contributed by atoms with Crippen molar-refractivity contribution in [2.75, 3.05) is 26.7 Å². The molecule has 3 atom stereocenters. The summed E-state index contributed by atoms with van der Waals surface area (Å²) in [6.07, 6.45) is 10.5. The Morgan fingerprint density at radius 2 is 1.89 bits per heavy atom. The minimum atomic E-state index is 0.349. The first-order chi connectivity index (χ1) is 8.85. The number of aliphatic hydroxyl groups excluding tert-OH is 1. The van der Waals surface area contributed by atoms with Crippen molar-refractivity contribution >= 4 is 0 Å². The van der Waals surface area contributed by atoms with Gasteiger partial charge in [-0.3, -0.25) is 4.90 Å². The minimum absolute atomic E-state index is 0.349. The van der Waals surface area contributed by atoms with Crippen LogP contribution in [0.5, 0.6) is 0 Å². The van der Waals surface area contributed by atoms with Gasteiger partial charge < -0.3 is 10.4 Å². The molecule has 0 amide bonds. The van der Waals surface area contributed by atoms with E-state index in [2.05, 4.69) is 17.3 Å². The number of rotatable bonds is 5. The lowest BCUT2D eigenvalue weighted by molar-refractivity contribution is 0.0836. The lowest BCUT2D eigenvalue weighted by atomic mass is 9.83. The van der Waals surface area contributed by atoms with Crippen LogP contribution in [0.3, 0.4) is 0 Å². The molecule has 3 heteroatoms. The number of nitrogens with zero attached hydrogens (tertiary/aromatic N) is 1. The van der Waals surface area contributed by atoms with Crippen molar-refractivity contribution in [3.05, 3.63) is 0 Å². The molecule has 1 aliphatic carbocycles. The second kappa shape index (κ2) is 7.46. The number of aliphatic hydroxyl groups is 1. The summed E-state index contributed by atoms with van der Waals surface area (Å²) >= 11 is 0. The number of nitrogens with one attached hydrogen (secondary N) is 1. The van der Waals surface area contributed by atoms with Crippen molar-refractivity contribution in [2.45, 2.75) is 63.5 Å².